The molecule has 0 bridgehead atoms. The van der Waals surface area contributed by atoms with Crippen LogP contribution in [0.4, 0.5) is 4.39 Å². The molecule has 17 heteroatoms. The van der Waals surface area contributed by atoms with Crippen LogP contribution in [0.5, 0.6) is 5.75 Å². The van der Waals surface area contributed by atoms with Crippen molar-refractivity contribution in [2.45, 2.75) is 35.7 Å². The third-order valence-electron chi connectivity index (χ3n) is 5.24. The second-order valence-electron chi connectivity index (χ2n) is 7.52. The largest absolute Gasteiger partial charge is 0.529 e. The number of carbonyl (C=O) groups excluding carboxylic acids is 1. The molecule has 3 heterocycles. The highest BCUT2D eigenvalue weighted by Crippen LogP contribution is 2.59. The SMILES string of the molecule is [B]C([B])(OP1(=O)OCc2ccccc2O1)[C@@]1(F)O[C@@]([B])(n2cc(C=O)c(=S)[nH]c2=O)[C@H](O)[C@@H]1O. The Labute approximate surface area is 200 Å². The number of aliphatic hydroxyl groups is 2. The van der Waals surface area contributed by atoms with Crippen LogP contribution in [-0.2, 0) is 30.6 Å². The van der Waals surface area contributed by atoms with Gasteiger partial charge in [-0.2, -0.15) is 0 Å². The Balaban J connectivity index is 1.69. The van der Waals surface area contributed by atoms with Crippen molar-refractivity contribution in [1.82, 2.24) is 9.55 Å². The summed E-state index contributed by atoms with van der Waals surface area (Å²) in [4.78, 5) is 25.6. The van der Waals surface area contributed by atoms with Crippen LogP contribution in [0.3, 0.4) is 0 Å². The smallest absolute Gasteiger partial charge is 0.404 e. The first kappa shape index (κ1) is 25.1. The molecule has 0 saturated carbocycles. The topological polar surface area (TPSA) is 149 Å². The van der Waals surface area contributed by atoms with Gasteiger partial charge in [-0.3, -0.25) is 23.4 Å². The molecule has 11 nitrogen and oxygen atoms in total. The summed E-state index contributed by atoms with van der Waals surface area (Å²) in [7, 11) is 12.6. The number of aliphatic hydroxyl groups excluding tert-OH is 2. The molecule has 5 atom stereocenters. The number of halogens is 1. The van der Waals surface area contributed by atoms with E-state index in [0.29, 0.717) is 10.1 Å². The Morgan fingerprint density at radius 3 is 2.71 bits per heavy atom. The fourth-order valence-electron chi connectivity index (χ4n) is 3.42. The van der Waals surface area contributed by atoms with E-state index in [9.17, 15) is 24.4 Å². The molecule has 4 rings (SSSR count). The standard InChI is InChI=1S/C17H13B3FN2O9PS/c18-16(23-5-9(6-24)13(34)22-14(23)27)12(26)11(25)15(21,31-16)17(19,20)32-33(28)29-7-8-3-1-2-4-10(8)30-33/h1-6,11-12,25-26H,7H2,(H,22,27,34)/t11-,12+,15-,16-,33?/m0/s1. The number of H-pyrrole nitrogens is 1. The number of benzene rings is 1. The molecule has 6 radical (unpaired) electrons. The molecule has 2 aliphatic rings. The van der Waals surface area contributed by atoms with Crippen molar-refractivity contribution in [3.05, 3.63) is 56.7 Å². The maximum atomic E-state index is 16.0. The second kappa shape index (κ2) is 8.26. The Morgan fingerprint density at radius 1 is 1.35 bits per heavy atom. The van der Waals surface area contributed by atoms with Crippen molar-refractivity contribution >= 4 is 49.9 Å². The lowest BCUT2D eigenvalue weighted by Gasteiger charge is -2.42. The zero-order valence-electron chi connectivity index (χ0n) is 17.0. The lowest BCUT2D eigenvalue weighted by Crippen LogP contribution is -2.60. The van der Waals surface area contributed by atoms with E-state index in [4.69, 9.17) is 54.1 Å². The Bertz CT molecular complexity index is 1330. The fraction of sp³-hybridized carbons (Fsp3) is 0.353. The molecule has 1 aromatic heterocycles. The zero-order valence-corrected chi connectivity index (χ0v) is 18.7. The van der Waals surface area contributed by atoms with E-state index in [0.717, 1.165) is 6.20 Å². The van der Waals surface area contributed by atoms with Crippen LogP contribution in [0.25, 0.3) is 0 Å². The molecule has 172 valence electrons. The van der Waals surface area contributed by atoms with Crippen molar-refractivity contribution in [1.29, 1.82) is 0 Å². The van der Waals surface area contributed by atoms with E-state index in [1.165, 1.54) is 6.07 Å². The molecule has 0 aliphatic carbocycles. The second-order valence-corrected chi connectivity index (χ2v) is 9.45. The number of nitrogens with one attached hydrogen (secondary N) is 1. The minimum absolute atomic E-state index is 0.0781. The summed E-state index contributed by atoms with van der Waals surface area (Å²) in [6, 6.07) is 6.25. The quantitative estimate of drug-likeness (QED) is 0.214. The van der Waals surface area contributed by atoms with Crippen LogP contribution < -0.4 is 10.2 Å². The number of aromatic amines is 1. The number of hydrogen-bond donors (Lipinski definition) is 3. The van der Waals surface area contributed by atoms with Gasteiger partial charge in [-0.05, 0) is 6.07 Å². The van der Waals surface area contributed by atoms with Crippen LogP contribution in [-0.4, -0.2) is 73.1 Å². The molecular formula is C17H13B3FN2O9PS. The minimum atomic E-state index is -4.69. The summed E-state index contributed by atoms with van der Waals surface area (Å²) in [5.74, 6) is -3.72. The minimum Gasteiger partial charge on any atom is -0.404 e. The van der Waals surface area contributed by atoms with Gasteiger partial charge in [0, 0.05) is 11.8 Å². The highest BCUT2D eigenvalue weighted by Gasteiger charge is 2.69. The fourth-order valence-corrected chi connectivity index (χ4v) is 4.96. The average molecular weight is 504 g/mol. The van der Waals surface area contributed by atoms with Gasteiger partial charge in [0.2, 0.25) is 0 Å². The third kappa shape index (κ3) is 3.83. The summed E-state index contributed by atoms with van der Waals surface area (Å²) in [5.41, 5.74) is -3.81. The van der Waals surface area contributed by atoms with Crippen LogP contribution in [0.2, 0.25) is 0 Å². The van der Waals surface area contributed by atoms with Gasteiger partial charge in [-0.25, -0.2) is 13.8 Å². The molecule has 1 fully saturated rings. The van der Waals surface area contributed by atoms with Gasteiger partial charge < -0.3 is 19.5 Å². The normalized spacial score (nSPS) is 33.1. The molecule has 0 spiro atoms. The molecule has 2 aliphatic heterocycles. The van der Waals surface area contributed by atoms with Gasteiger partial charge in [0.15, 0.2) is 6.29 Å². The lowest BCUT2D eigenvalue weighted by atomic mass is 9.59. The molecule has 1 saturated heterocycles. The predicted molar refractivity (Wildman–Crippen MR) is 117 cm³/mol. The number of phosphoric acid groups is 1. The van der Waals surface area contributed by atoms with E-state index >= 15 is 4.39 Å². The number of aldehydes is 1. The summed E-state index contributed by atoms with van der Waals surface area (Å²) in [5, 5.41) is 17.6. The van der Waals surface area contributed by atoms with Gasteiger partial charge in [0.05, 0.1) is 17.6 Å². The molecule has 1 unspecified atom stereocenters. The van der Waals surface area contributed by atoms with Crippen molar-refractivity contribution in [2.24, 2.45) is 0 Å². The van der Waals surface area contributed by atoms with Crippen molar-refractivity contribution in [2.75, 3.05) is 0 Å². The molecule has 1 aromatic carbocycles. The Hall–Kier alpha value is -2.06. The number of phosphoric ester groups is 1. The summed E-state index contributed by atoms with van der Waals surface area (Å²) in [6.07, 6.45) is -4.06. The van der Waals surface area contributed by atoms with Crippen LogP contribution in [0.1, 0.15) is 15.9 Å². The lowest BCUT2D eigenvalue weighted by molar-refractivity contribution is -0.240. The Kier molecular flexibility index (Phi) is 6.09. The molecule has 2 aromatic rings. The van der Waals surface area contributed by atoms with Gasteiger partial charge in [0.1, 0.15) is 51.8 Å². The first-order chi connectivity index (χ1) is 15.8. The number of alkyl halides is 1. The van der Waals surface area contributed by atoms with E-state index in [1.807, 2.05) is 0 Å². The molecule has 34 heavy (non-hydrogen) atoms. The van der Waals surface area contributed by atoms with Crippen molar-refractivity contribution in [3.8, 4) is 5.75 Å². The summed E-state index contributed by atoms with van der Waals surface area (Å²) in [6.45, 7) is -0.275. The maximum absolute atomic E-state index is 16.0. The molecular weight excluding hydrogens is 491 g/mol. The number of rotatable bonds is 5. The monoisotopic (exact) mass is 504 g/mol. The number of fused-ring (bicyclic) bond motifs is 1. The van der Waals surface area contributed by atoms with Gasteiger partial charge in [0.25, 0.3) is 5.85 Å². The highest BCUT2D eigenvalue weighted by molar-refractivity contribution is 7.71. The maximum Gasteiger partial charge on any atom is 0.529 e. The summed E-state index contributed by atoms with van der Waals surface area (Å²) < 4.78 is 49.2. The van der Waals surface area contributed by atoms with Crippen LogP contribution >= 0.6 is 20.0 Å². The number of carbonyl (C=O) groups is 1. The molecule has 3 N–H and O–H groups in total. The van der Waals surface area contributed by atoms with E-state index in [1.54, 1.807) is 18.2 Å². The van der Waals surface area contributed by atoms with E-state index in [2.05, 4.69) is 4.98 Å². The third-order valence-corrected chi connectivity index (χ3v) is 6.97. The average Bonchev–Trinajstić information content (AvgIpc) is 2.94. The molecule has 0 amide bonds. The number of aromatic nitrogens is 2. The number of ether oxygens (including phenoxy) is 1. The zero-order chi connectivity index (χ0) is 25.1. The van der Waals surface area contributed by atoms with Gasteiger partial charge in [-0.1, -0.05) is 30.4 Å². The van der Waals surface area contributed by atoms with E-state index in [-0.39, 0.29) is 28.8 Å². The van der Waals surface area contributed by atoms with Crippen LogP contribution in [0, 0.1) is 4.64 Å². The predicted octanol–water partition coefficient (Wildman–Crippen LogP) is -0.360. The number of hydrogen-bond acceptors (Lipinski definition) is 10. The Morgan fingerprint density at radius 2 is 2.03 bits per heavy atom. The van der Waals surface area contributed by atoms with Crippen molar-refractivity contribution < 1.29 is 42.3 Å². The number of nitrogens with zero attached hydrogens (tertiary/aromatic N) is 1. The van der Waals surface area contributed by atoms with E-state index < -0.39 is 42.6 Å². The first-order valence-corrected chi connectivity index (χ1v) is 11.3. The van der Waals surface area contributed by atoms with Crippen molar-refractivity contribution in [3.63, 3.8) is 0 Å². The van der Waals surface area contributed by atoms with Gasteiger partial charge in [-0.15, -0.1) is 0 Å². The van der Waals surface area contributed by atoms with Crippen LogP contribution in [0.15, 0.2) is 35.3 Å². The van der Waals surface area contributed by atoms with Gasteiger partial charge >= 0.3 is 13.5 Å². The highest BCUT2D eigenvalue weighted by atomic mass is 32.1. The summed E-state index contributed by atoms with van der Waals surface area (Å²) >= 11 is 4.81. The number of para-hydroxylation sites is 1. The first-order valence-electron chi connectivity index (χ1n) is 9.43.